The minimum Gasteiger partial charge on any atom is -0.343 e. The minimum atomic E-state index is -4.13. The van der Waals surface area contributed by atoms with Crippen LogP contribution in [-0.4, -0.2) is 26.8 Å². The average molecular weight is 470 g/mol. The van der Waals surface area contributed by atoms with Crippen molar-refractivity contribution >= 4 is 33.2 Å². The third kappa shape index (κ3) is 5.95. The molecule has 0 spiro atoms. The smallest absolute Gasteiger partial charge is 0.262 e. The van der Waals surface area contributed by atoms with Crippen LogP contribution >= 0.6 is 0 Å². The van der Waals surface area contributed by atoms with Gasteiger partial charge in [-0.25, -0.2) is 12.8 Å². The maximum atomic E-state index is 13.8. The first-order chi connectivity index (χ1) is 15.6. The van der Waals surface area contributed by atoms with Crippen molar-refractivity contribution in [1.82, 2.24) is 5.32 Å². The first-order valence-electron chi connectivity index (χ1n) is 10.1. The number of amides is 2. The van der Waals surface area contributed by atoms with Gasteiger partial charge in [0.1, 0.15) is 5.82 Å². The van der Waals surface area contributed by atoms with Gasteiger partial charge in [0.05, 0.1) is 17.1 Å². The quantitative estimate of drug-likeness (QED) is 0.488. The first kappa shape index (κ1) is 23.9. The number of para-hydroxylation sites is 1. The standard InChI is InChI=1S/C24H24FN3O4S/c1-15-11-16(2)23(17(3)12-15)27-22(29)14-26-24(30)18-7-6-8-19(13-18)33(31,32)28-21-10-5-4-9-20(21)25/h4-13,28H,14H2,1-3H3,(H,26,30)(H,27,29). The molecule has 0 saturated carbocycles. The Bertz CT molecular complexity index is 1300. The van der Waals surface area contributed by atoms with Crippen LogP contribution in [0, 0.1) is 26.6 Å². The summed E-state index contributed by atoms with van der Waals surface area (Å²) in [7, 11) is -4.13. The van der Waals surface area contributed by atoms with E-state index in [4.69, 9.17) is 0 Å². The monoisotopic (exact) mass is 469 g/mol. The molecule has 3 N–H and O–H groups in total. The minimum absolute atomic E-state index is 0.0434. The normalized spacial score (nSPS) is 11.0. The number of hydrogen-bond acceptors (Lipinski definition) is 4. The van der Waals surface area contributed by atoms with E-state index in [1.165, 1.54) is 36.4 Å². The molecule has 7 nitrogen and oxygen atoms in total. The topological polar surface area (TPSA) is 104 Å². The third-order valence-corrected chi connectivity index (χ3v) is 6.24. The van der Waals surface area contributed by atoms with Crippen molar-refractivity contribution in [3.05, 3.63) is 88.7 Å². The maximum Gasteiger partial charge on any atom is 0.262 e. The van der Waals surface area contributed by atoms with Crippen molar-refractivity contribution in [2.75, 3.05) is 16.6 Å². The molecule has 0 aliphatic heterocycles. The predicted octanol–water partition coefficient (Wildman–Crippen LogP) is 3.92. The van der Waals surface area contributed by atoms with Crippen LogP contribution in [0.2, 0.25) is 0 Å². The molecule has 0 unspecified atom stereocenters. The van der Waals surface area contributed by atoms with Gasteiger partial charge in [-0.3, -0.25) is 14.3 Å². The lowest BCUT2D eigenvalue weighted by atomic mass is 10.1. The molecule has 0 aliphatic carbocycles. The highest BCUT2D eigenvalue weighted by Gasteiger charge is 2.18. The number of halogens is 1. The van der Waals surface area contributed by atoms with E-state index < -0.39 is 27.7 Å². The molecule has 3 rings (SSSR count). The number of hydrogen-bond donors (Lipinski definition) is 3. The zero-order chi connectivity index (χ0) is 24.2. The largest absolute Gasteiger partial charge is 0.343 e. The number of carbonyl (C=O) groups is 2. The fourth-order valence-electron chi connectivity index (χ4n) is 3.38. The summed E-state index contributed by atoms with van der Waals surface area (Å²) in [6.45, 7) is 5.44. The second kappa shape index (κ2) is 9.83. The second-order valence-electron chi connectivity index (χ2n) is 7.62. The molecule has 0 atom stereocenters. The summed E-state index contributed by atoms with van der Waals surface area (Å²) >= 11 is 0. The number of nitrogens with one attached hydrogen (secondary N) is 3. The van der Waals surface area contributed by atoms with Crippen molar-refractivity contribution < 1.29 is 22.4 Å². The molecule has 0 aromatic heterocycles. The number of carbonyl (C=O) groups excluding carboxylic acids is 2. The van der Waals surface area contributed by atoms with E-state index in [9.17, 15) is 22.4 Å². The van der Waals surface area contributed by atoms with Crippen LogP contribution in [0.4, 0.5) is 15.8 Å². The Morgan fingerprint density at radius 1 is 0.909 bits per heavy atom. The summed E-state index contributed by atoms with van der Waals surface area (Å²) in [4.78, 5) is 24.6. The van der Waals surface area contributed by atoms with Crippen LogP contribution < -0.4 is 15.4 Å². The Labute approximate surface area is 192 Å². The van der Waals surface area contributed by atoms with E-state index in [1.807, 2.05) is 32.9 Å². The van der Waals surface area contributed by atoms with E-state index in [-0.39, 0.29) is 22.7 Å². The molecule has 0 aliphatic rings. The first-order valence-corrected chi connectivity index (χ1v) is 11.6. The lowest BCUT2D eigenvalue weighted by Crippen LogP contribution is -2.33. The van der Waals surface area contributed by atoms with E-state index in [0.717, 1.165) is 28.8 Å². The molecule has 3 aromatic carbocycles. The molecule has 33 heavy (non-hydrogen) atoms. The average Bonchev–Trinajstić information content (AvgIpc) is 2.76. The summed E-state index contributed by atoms with van der Waals surface area (Å²) in [5.41, 5.74) is 3.43. The zero-order valence-electron chi connectivity index (χ0n) is 18.4. The van der Waals surface area contributed by atoms with Crippen LogP contribution in [0.25, 0.3) is 0 Å². The highest BCUT2D eigenvalue weighted by Crippen LogP contribution is 2.22. The van der Waals surface area contributed by atoms with E-state index >= 15 is 0 Å². The van der Waals surface area contributed by atoms with Crippen molar-refractivity contribution in [1.29, 1.82) is 0 Å². The van der Waals surface area contributed by atoms with Gasteiger partial charge in [0.15, 0.2) is 0 Å². The fourth-order valence-corrected chi connectivity index (χ4v) is 4.49. The molecule has 3 aromatic rings. The highest BCUT2D eigenvalue weighted by atomic mass is 32.2. The molecule has 0 fully saturated rings. The number of rotatable bonds is 7. The van der Waals surface area contributed by atoms with Crippen LogP contribution in [0.1, 0.15) is 27.0 Å². The van der Waals surface area contributed by atoms with Gasteiger partial charge in [-0.1, -0.05) is 35.9 Å². The molecule has 0 radical (unpaired) electrons. The molecular weight excluding hydrogens is 445 g/mol. The van der Waals surface area contributed by atoms with Gasteiger partial charge in [-0.2, -0.15) is 0 Å². The van der Waals surface area contributed by atoms with E-state index in [0.29, 0.717) is 5.69 Å². The molecule has 0 saturated heterocycles. The summed E-state index contributed by atoms with van der Waals surface area (Å²) in [6.07, 6.45) is 0. The summed E-state index contributed by atoms with van der Waals surface area (Å²) < 4.78 is 41.2. The van der Waals surface area contributed by atoms with Crippen LogP contribution in [0.15, 0.2) is 65.6 Å². The van der Waals surface area contributed by atoms with Crippen LogP contribution in [0.3, 0.4) is 0 Å². The van der Waals surface area contributed by atoms with Crippen molar-refractivity contribution in [3.63, 3.8) is 0 Å². The lowest BCUT2D eigenvalue weighted by Gasteiger charge is -2.13. The maximum absolute atomic E-state index is 13.8. The Morgan fingerprint density at radius 2 is 1.58 bits per heavy atom. The highest BCUT2D eigenvalue weighted by molar-refractivity contribution is 7.92. The number of anilines is 2. The van der Waals surface area contributed by atoms with Gasteiger partial charge in [0, 0.05) is 11.3 Å². The Kier molecular flexibility index (Phi) is 7.13. The predicted molar refractivity (Wildman–Crippen MR) is 125 cm³/mol. The molecule has 9 heteroatoms. The van der Waals surface area contributed by atoms with Gasteiger partial charge in [-0.05, 0) is 62.2 Å². The third-order valence-electron chi connectivity index (χ3n) is 4.88. The fraction of sp³-hybridized carbons (Fsp3) is 0.167. The number of benzene rings is 3. The summed E-state index contributed by atoms with van der Waals surface area (Å²) in [5, 5.41) is 5.27. The second-order valence-corrected chi connectivity index (χ2v) is 9.30. The van der Waals surface area contributed by atoms with Gasteiger partial charge in [0.25, 0.3) is 15.9 Å². The van der Waals surface area contributed by atoms with E-state index in [2.05, 4.69) is 15.4 Å². The molecule has 2 amide bonds. The zero-order valence-corrected chi connectivity index (χ0v) is 19.2. The molecule has 0 bridgehead atoms. The van der Waals surface area contributed by atoms with Gasteiger partial charge >= 0.3 is 0 Å². The lowest BCUT2D eigenvalue weighted by molar-refractivity contribution is -0.115. The molecule has 0 heterocycles. The number of aryl methyl sites for hydroxylation is 3. The van der Waals surface area contributed by atoms with Gasteiger partial charge < -0.3 is 10.6 Å². The van der Waals surface area contributed by atoms with Crippen molar-refractivity contribution in [2.24, 2.45) is 0 Å². The Hall–Kier alpha value is -3.72. The van der Waals surface area contributed by atoms with Crippen LogP contribution in [0.5, 0.6) is 0 Å². The van der Waals surface area contributed by atoms with Crippen molar-refractivity contribution in [3.8, 4) is 0 Å². The summed E-state index contributed by atoms with van der Waals surface area (Å²) in [6, 6.07) is 14.5. The SMILES string of the molecule is Cc1cc(C)c(NC(=O)CNC(=O)c2cccc(S(=O)(=O)Nc3ccccc3F)c2)c(C)c1. The summed E-state index contributed by atoms with van der Waals surface area (Å²) in [5.74, 6) is -1.76. The molecule has 172 valence electrons. The van der Waals surface area contributed by atoms with Crippen LogP contribution in [-0.2, 0) is 14.8 Å². The Morgan fingerprint density at radius 3 is 2.24 bits per heavy atom. The van der Waals surface area contributed by atoms with Crippen molar-refractivity contribution in [2.45, 2.75) is 25.7 Å². The Balaban J connectivity index is 1.67. The molecular formula is C24H24FN3O4S. The van der Waals surface area contributed by atoms with Gasteiger partial charge in [-0.15, -0.1) is 0 Å². The number of sulfonamides is 1. The van der Waals surface area contributed by atoms with E-state index in [1.54, 1.807) is 0 Å². The van der Waals surface area contributed by atoms with Gasteiger partial charge in [0.2, 0.25) is 5.91 Å².